The zero-order valence-electron chi connectivity index (χ0n) is 16.5. The Bertz CT molecular complexity index is 1220. The molecule has 8 heteroatoms. The third-order valence-electron chi connectivity index (χ3n) is 5.01. The SMILES string of the molecule is COCC(C)n1c(=O)[nH]c2cnc3cc(-c4c(C)noc4C)c(OC)cc3c21. The second kappa shape index (κ2) is 6.79. The molecule has 0 bridgehead atoms. The van der Waals surface area contributed by atoms with Crippen molar-refractivity contribution < 1.29 is 14.0 Å². The minimum Gasteiger partial charge on any atom is -0.496 e. The smallest absolute Gasteiger partial charge is 0.326 e. The van der Waals surface area contributed by atoms with Gasteiger partial charge < -0.3 is 19.0 Å². The van der Waals surface area contributed by atoms with Gasteiger partial charge in [-0.1, -0.05) is 5.16 Å². The molecule has 1 unspecified atom stereocenters. The van der Waals surface area contributed by atoms with Crippen LogP contribution in [0.4, 0.5) is 0 Å². The maximum absolute atomic E-state index is 12.6. The number of H-pyrrole nitrogens is 1. The lowest BCUT2D eigenvalue weighted by atomic mass is 10.0. The lowest BCUT2D eigenvalue weighted by Gasteiger charge is -2.15. The molecule has 0 saturated carbocycles. The predicted octanol–water partition coefficient (Wildman–Crippen LogP) is 3.37. The Hall–Kier alpha value is -3.13. The van der Waals surface area contributed by atoms with Crippen molar-refractivity contribution in [2.45, 2.75) is 26.8 Å². The zero-order chi connectivity index (χ0) is 20.0. The Kier molecular flexibility index (Phi) is 4.43. The van der Waals surface area contributed by atoms with Crippen LogP contribution in [0.15, 0.2) is 27.6 Å². The van der Waals surface area contributed by atoms with Crippen LogP contribution >= 0.6 is 0 Å². The number of pyridine rings is 1. The van der Waals surface area contributed by atoms with Crippen molar-refractivity contribution in [1.82, 2.24) is 19.7 Å². The van der Waals surface area contributed by atoms with E-state index in [1.165, 1.54) is 0 Å². The molecule has 0 saturated heterocycles. The van der Waals surface area contributed by atoms with Gasteiger partial charge in [0.05, 0.1) is 53.8 Å². The van der Waals surface area contributed by atoms with Crippen LogP contribution in [-0.2, 0) is 4.74 Å². The summed E-state index contributed by atoms with van der Waals surface area (Å²) in [7, 11) is 3.24. The van der Waals surface area contributed by atoms with E-state index in [-0.39, 0.29) is 11.7 Å². The second-order valence-corrected chi connectivity index (χ2v) is 6.89. The van der Waals surface area contributed by atoms with Gasteiger partial charge in [0.15, 0.2) is 0 Å². The summed E-state index contributed by atoms with van der Waals surface area (Å²) in [6, 6.07) is 3.73. The Balaban J connectivity index is 2.06. The summed E-state index contributed by atoms with van der Waals surface area (Å²) < 4.78 is 18.0. The molecule has 4 rings (SSSR count). The molecule has 8 nitrogen and oxygen atoms in total. The van der Waals surface area contributed by atoms with E-state index < -0.39 is 0 Å². The fourth-order valence-corrected chi connectivity index (χ4v) is 3.80. The number of fused-ring (bicyclic) bond motifs is 3. The van der Waals surface area contributed by atoms with E-state index in [0.717, 1.165) is 33.2 Å². The highest BCUT2D eigenvalue weighted by atomic mass is 16.5. The van der Waals surface area contributed by atoms with Crippen molar-refractivity contribution in [2.24, 2.45) is 0 Å². The number of nitrogens with one attached hydrogen (secondary N) is 1. The van der Waals surface area contributed by atoms with Crippen molar-refractivity contribution in [3.8, 4) is 16.9 Å². The van der Waals surface area contributed by atoms with Crippen molar-refractivity contribution in [3.63, 3.8) is 0 Å². The molecule has 1 atom stereocenters. The Labute approximate surface area is 161 Å². The summed E-state index contributed by atoms with van der Waals surface area (Å²) in [5, 5.41) is 4.87. The fraction of sp³-hybridized carbons (Fsp3) is 0.350. The third kappa shape index (κ3) is 2.68. The van der Waals surface area contributed by atoms with E-state index in [0.29, 0.717) is 23.6 Å². The van der Waals surface area contributed by atoms with E-state index in [9.17, 15) is 4.79 Å². The van der Waals surface area contributed by atoms with E-state index in [4.69, 9.17) is 14.0 Å². The van der Waals surface area contributed by atoms with Gasteiger partial charge in [0.1, 0.15) is 11.5 Å². The molecule has 28 heavy (non-hydrogen) atoms. The van der Waals surface area contributed by atoms with Gasteiger partial charge in [-0.2, -0.15) is 0 Å². The summed E-state index contributed by atoms with van der Waals surface area (Å²) in [5.41, 5.74) is 4.54. The molecule has 3 aromatic heterocycles. The molecule has 4 aromatic rings. The molecule has 0 aliphatic rings. The number of methoxy groups -OCH3 is 2. The van der Waals surface area contributed by atoms with Gasteiger partial charge in [-0.15, -0.1) is 0 Å². The van der Waals surface area contributed by atoms with Gasteiger partial charge in [0, 0.05) is 18.1 Å². The summed E-state index contributed by atoms with van der Waals surface area (Å²) in [5.74, 6) is 1.37. The van der Waals surface area contributed by atoms with E-state index in [1.54, 1.807) is 25.0 Å². The molecule has 0 aliphatic heterocycles. The molecule has 146 valence electrons. The van der Waals surface area contributed by atoms with Gasteiger partial charge >= 0.3 is 5.69 Å². The van der Waals surface area contributed by atoms with Gasteiger partial charge in [0.2, 0.25) is 0 Å². The first-order chi connectivity index (χ1) is 13.5. The highest BCUT2D eigenvalue weighted by Gasteiger charge is 2.21. The number of benzene rings is 1. The Morgan fingerprint density at radius 3 is 2.71 bits per heavy atom. The van der Waals surface area contributed by atoms with Crippen LogP contribution in [-0.4, -0.2) is 40.5 Å². The van der Waals surface area contributed by atoms with E-state index in [2.05, 4.69) is 15.1 Å². The number of imidazole rings is 1. The maximum Gasteiger partial charge on any atom is 0.326 e. The molecular formula is C20H22N4O4. The largest absolute Gasteiger partial charge is 0.496 e. The van der Waals surface area contributed by atoms with Crippen LogP contribution in [0.25, 0.3) is 33.1 Å². The number of nitrogens with zero attached hydrogens (tertiary/aromatic N) is 3. The van der Waals surface area contributed by atoms with Crippen LogP contribution in [0.2, 0.25) is 0 Å². The van der Waals surface area contributed by atoms with Gasteiger partial charge in [-0.3, -0.25) is 9.55 Å². The summed E-state index contributed by atoms with van der Waals surface area (Å²) >= 11 is 0. The Morgan fingerprint density at radius 1 is 1.29 bits per heavy atom. The van der Waals surface area contributed by atoms with Crippen molar-refractivity contribution in [3.05, 3.63) is 40.3 Å². The van der Waals surface area contributed by atoms with E-state index in [1.807, 2.05) is 32.9 Å². The minimum absolute atomic E-state index is 0.134. The number of ether oxygens (including phenoxy) is 2. The normalized spacial score (nSPS) is 12.8. The molecule has 1 aromatic carbocycles. The third-order valence-corrected chi connectivity index (χ3v) is 5.01. The summed E-state index contributed by atoms with van der Waals surface area (Å²) in [6.45, 7) is 6.12. The van der Waals surface area contributed by atoms with Crippen molar-refractivity contribution in [2.75, 3.05) is 20.8 Å². The standard InChI is InChI=1S/C20H22N4O4/c1-10(9-26-4)24-19-13-7-17(27-5)14(18-11(2)23-28-12(18)3)6-15(13)21-8-16(19)22-20(24)25/h6-8,10H,9H2,1-5H3,(H,22,25). The maximum atomic E-state index is 12.6. The molecule has 0 spiro atoms. The molecule has 3 heterocycles. The first kappa shape index (κ1) is 18.2. The molecular weight excluding hydrogens is 360 g/mol. The number of aromatic nitrogens is 4. The molecule has 0 aliphatic carbocycles. The topological polar surface area (TPSA) is 95.2 Å². The zero-order valence-corrected chi connectivity index (χ0v) is 16.5. The second-order valence-electron chi connectivity index (χ2n) is 6.89. The quantitative estimate of drug-likeness (QED) is 0.569. The number of aromatic amines is 1. The molecule has 0 radical (unpaired) electrons. The average Bonchev–Trinajstić information content (AvgIpc) is 3.19. The number of hydrogen-bond donors (Lipinski definition) is 1. The number of hydrogen-bond acceptors (Lipinski definition) is 6. The first-order valence-corrected chi connectivity index (χ1v) is 8.99. The number of rotatable bonds is 5. The van der Waals surface area contributed by atoms with Gasteiger partial charge in [0.25, 0.3) is 0 Å². The predicted molar refractivity (Wildman–Crippen MR) is 106 cm³/mol. The first-order valence-electron chi connectivity index (χ1n) is 8.99. The van der Waals surface area contributed by atoms with Gasteiger partial charge in [-0.25, -0.2) is 4.79 Å². The van der Waals surface area contributed by atoms with Crippen LogP contribution in [0.3, 0.4) is 0 Å². The van der Waals surface area contributed by atoms with Crippen molar-refractivity contribution >= 4 is 21.9 Å². The Morgan fingerprint density at radius 2 is 2.07 bits per heavy atom. The van der Waals surface area contributed by atoms with E-state index >= 15 is 0 Å². The lowest BCUT2D eigenvalue weighted by molar-refractivity contribution is 0.162. The lowest BCUT2D eigenvalue weighted by Crippen LogP contribution is -2.23. The van der Waals surface area contributed by atoms with Crippen LogP contribution in [0.1, 0.15) is 24.4 Å². The average molecular weight is 382 g/mol. The molecule has 1 N–H and O–H groups in total. The highest BCUT2D eigenvalue weighted by molar-refractivity contribution is 6.04. The van der Waals surface area contributed by atoms with Crippen LogP contribution in [0, 0.1) is 13.8 Å². The molecule has 0 fully saturated rings. The minimum atomic E-state index is -0.192. The summed E-state index contributed by atoms with van der Waals surface area (Å²) in [4.78, 5) is 20.0. The van der Waals surface area contributed by atoms with Gasteiger partial charge in [-0.05, 0) is 32.9 Å². The fourth-order valence-electron chi connectivity index (χ4n) is 3.80. The highest BCUT2D eigenvalue weighted by Crippen LogP contribution is 2.38. The molecule has 0 amide bonds. The number of aryl methyl sites for hydroxylation is 2. The van der Waals surface area contributed by atoms with Crippen molar-refractivity contribution in [1.29, 1.82) is 0 Å². The monoisotopic (exact) mass is 382 g/mol. The van der Waals surface area contributed by atoms with Crippen LogP contribution < -0.4 is 10.4 Å². The van der Waals surface area contributed by atoms with Crippen LogP contribution in [0.5, 0.6) is 5.75 Å². The summed E-state index contributed by atoms with van der Waals surface area (Å²) in [6.07, 6.45) is 1.68.